The SMILES string of the molecule is Cn1ccc(CCNS(=O)(=O)c2cc(Br)ccc2Br)n1. The molecule has 0 aliphatic heterocycles. The molecule has 1 heterocycles. The summed E-state index contributed by atoms with van der Waals surface area (Å²) in [6.45, 7) is 0.304. The molecule has 0 bridgehead atoms. The van der Waals surface area contributed by atoms with Gasteiger partial charge < -0.3 is 0 Å². The van der Waals surface area contributed by atoms with Crippen LogP contribution in [0.2, 0.25) is 0 Å². The molecule has 0 spiro atoms. The molecule has 0 saturated carbocycles. The minimum atomic E-state index is -3.54. The van der Waals surface area contributed by atoms with Crippen LogP contribution >= 0.6 is 31.9 Å². The maximum Gasteiger partial charge on any atom is 0.241 e. The molecule has 2 aromatic rings. The Balaban J connectivity index is 2.06. The average Bonchev–Trinajstić information content (AvgIpc) is 2.78. The van der Waals surface area contributed by atoms with Crippen LogP contribution in [0.1, 0.15) is 5.69 Å². The zero-order valence-electron chi connectivity index (χ0n) is 10.7. The molecule has 5 nitrogen and oxygen atoms in total. The summed E-state index contributed by atoms with van der Waals surface area (Å²) >= 11 is 6.52. The van der Waals surface area contributed by atoms with Crippen LogP contribution in [0.3, 0.4) is 0 Å². The van der Waals surface area contributed by atoms with Gasteiger partial charge in [-0.3, -0.25) is 4.68 Å². The van der Waals surface area contributed by atoms with Crippen LogP contribution in [-0.2, 0) is 23.5 Å². The Morgan fingerprint density at radius 2 is 2.05 bits per heavy atom. The van der Waals surface area contributed by atoms with E-state index in [-0.39, 0.29) is 4.90 Å². The smallest absolute Gasteiger partial charge is 0.241 e. The van der Waals surface area contributed by atoms with Crippen molar-refractivity contribution in [2.75, 3.05) is 6.54 Å². The van der Waals surface area contributed by atoms with Gasteiger partial charge in [-0.15, -0.1) is 0 Å². The number of aryl methyl sites for hydroxylation is 1. The van der Waals surface area contributed by atoms with Crippen LogP contribution in [0.4, 0.5) is 0 Å². The van der Waals surface area contributed by atoms with Crippen molar-refractivity contribution in [1.82, 2.24) is 14.5 Å². The van der Waals surface area contributed by atoms with Crippen LogP contribution in [0.25, 0.3) is 0 Å². The van der Waals surface area contributed by atoms with E-state index in [1.165, 1.54) is 0 Å². The van der Waals surface area contributed by atoms with Gasteiger partial charge in [-0.05, 0) is 40.2 Å². The molecule has 0 saturated heterocycles. The number of hydrogen-bond acceptors (Lipinski definition) is 3. The third-order valence-corrected chi connectivity index (χ3v) is 5.57. The van der Waals surface area contributed by atoms with Crippen LogP contribution < -0.4 is 4.72 Å². The first-order valence-corrected chi connectivity index (χ1v) is 8.88. The molecule has 2 rings (SSSR count). The van der Waals surface area contributed by atoms with E-state index in [1.807, 2.05) is 19.3 Å². The number of sulfonamides is 1. The van der Waals surface area contributed by atoms with Crippen molar-refractivity contribution < 1.29 is 8.42 Å². The topological polar surface area (TPSA) is 64.0 Å². The minimum Gasteiger partial charge on any atom is -0.276 e. The molecule has 0 amide bonds. The molecule has 0 radical (unpaired) electrons. The second-order valence-corrected chi connectivity index (χ2v) is 7.71. The highest BCUT2D eigenvalue weighted by atomic mass is 79.9. The molecule has 0 aliphatic carbocycles. The number of nitrogens with one attached hydrogen (secondary N) is 1. The molecule has 0 unspecified atom stereocenters. The van der Waals surface area contributed by atoms with E-state index in [0.29, 0.717) is 21.9 Å². The molecule has 0 fully saturated rings. The Morgan fingerprint density at radius 3 is 2.70 bits per heavy atom. The van der Waals surface area contributed by atoms with Crippen molar-refractivity contribution in [2.24, 2.45) is 7.05 Å². The van der Waals surface area contributed by atoms with Crippen LogP contribution in [0.15, 0.2) is 44.3 Å². The normalized spacial score (nSPS) is 11.8. The first-order chi connectivity index (χ1) is 9.38. The van der Waals surface area contributed by atoms with E-state index in [1.54, 1.807) is 22.9 Å². The summed E-state index contributed by atoms with van der Waals surface area (Å²) in [6.07, 6.45) is 2.38. The van der Waals surface area contributed by atoms with Gasteiger partial charge in [0.05, 0.1) is 10.6 Å². The fraction of sp³-hybridized carbons (Fsp3) is 0.250. The lowest BCUT2D eigenvalue weighted by molar-refractivity contribution is 0.580. The van der Waals surface area contributed by atoms with Crippen LogP contribution in [-0.4, -0.2) is 24.7 Å². The van der Waals surface area contributed by atoms with Gasteiger partial charge in [0, 0.05) is 35.2 Å². The first kappa shape index (κ1) is 15.7. The number of aromatic nitrogens is 2. The first-order valence-electron chi connectivity index (χ1n) is 5.82. The van der Waals surface area contributed by atoms with Gasteiger partial charge in [-0.1, -0.05) is 15.9 Å². The van der Waals surface area contributed by atoms with E-state index >= 15 is 0 Å². The lowest BCUT2D eigenvalue weighted by atomic mass is 10.3. The van der Waals surface area contributed by atoms with Gasteiger partial charge >= 0.3 is 0 Å². The molecule has 1 N–H and O–H groups in total. The van der Waals surface area contributed by atoms with Gasteiger partial charge in [-0.25, -0.2) is 13.1 Å². The second kappa shape index (κ2) is 6.38. The van der Waals surface area contributed by atoms with Crippen LogP contribution in [0, 0.1) is 0 Å². The Hall–Kier alpha value is -0.700. The maximum absolute atomic E-state index is 12.2. The summed E-state index contributed by atoms with van der Waals surface area (Å²) in [5.41, 5.74) is 0.850. The summed E-state index contributed by atoms with van der Waals surface area (Å²) < 4.78 is 29.9. The number of hydrogen-bond donors (Lipinski definition) is 1. The quantitative estimate of drug-likeness (QED) is 0.804. The molecule has 0 aliphatic rings. The van der Waals surface area contributed by atoms with E-state index in [9.17, 15) is 8.42 Å². The van der Waals surface area contributed by atoms with E-state index in [2.05, 4.69) is 41.7 Å². The molecule has 20 heavy (non-hydrogen) atoms. The number of halogens is 2. The van der Waals surface area contributed by atoms with Gasteiger partial charge in [0.1, 0.15) is 0 Å². The highest BCUT2D eigenvalue weighted by Crippen LogP contribution is 2.25. The Labute approximate surface area is 134 Å². The van der Waals surface area contributed by atoms with E-state index in [0.717, 1.165) is 5.69 Å². The zero-order chi connectivity index (χ0) is 14.8. The molecular weight excluding hydrogens is 410 g/mol. The van der Waals surface area contributed by atoms with Gasteiger partial charge in [0.15, 0.2) is 0 Å². The number of benzene rings is 1. The van der Waals surface area contributed by atoms with Gasteiger partial charge in [0.2, 0.25) is 10.0 Å². The highest BCUT2D eigenvalue weighted by Gasteiger charge is 2.17. The number of rotatable bonds is 5. The van der Waals surface area contributed by atoms with Crippen molar-refractivity contribution in [1.29, 1.82) is 0 Å². The molecule has 1 aromatic heterocycles. The third kappa shape index (κ3) is 3.91. The van der Waals surface area contributed by atoms with Gasteiger partial charge in [-0.2, -0.15) is 5.10 Å². The lowest BCUT2D eigenvalue weighted by Gasteiger charge is -2.08. The summed E-state index contributed by atoms with van der Waals surface area (Å²) in [7, 11) is -1.71. The average molecular weight is 423 g/mol. The van der Waals surface area contributed by atoms with Crippen molar-refractivity contribution in [3.8, 4) is 0 Å². The molecule has 8 heteroatoms. The second-order valence-electron chi connectivity index (χ2n) is 4.20. The van der Waals surface area contributed by atoms with Crippen molar-refractivity contribution >= 4 is 41.9 Å². The highest BCUT2D eigenvalue weighted by molar-refractivity contribution is 9.11. The molecule has 0 atom stereocenters. The minimum absolute atomic E-state index is 0.216. The van der Waals surface area contributed by atoms with E-state index < -0.39 is 10.0 Å². The Bertz CT molecular complexity index is 713. The maximum atomic E-state index is 12.2. The summed E-state index contributed by atoms with van der Waals surface area (Å²) in [6, 6.07) is 6.89. The summed E-state index contributed by atoms with van der Waals surface area (Å²) in [5, 5.41) is 4.20. The number of nitrogens with zero attached hydrogens (tertiary/aromatic N) is 2. The summed E-state index contributed by atoms with van der Waals surface area (Å²) in [4.78, 5) is 0.216. The lowest BCUT2D eigenvalue weighted by Crippen LogP contribution is -2.26. The third-order valence-electron chi connectivity index (χ3n) is 2.62. The fourth-order valence-electron chi connectivity index (χ4n) is 1.67. The van der Waals surface area contributed by atoms with Crippen molar-refractivity contribution in [3.05, 3.63) is 45.1 Å². The predicted molar refractivity (Wildman–Crippen MR) is 83.9 cm³/mol. The van der Waals surface area contributed by atoms with Crippen molar-refractivity contribution in [2.45, 2.75) is 11.3 Å². The van der Waals surface area contributed by atoms with Crippen LogP contribution in [0.5, 0.6) is 0 Å². The van der Waals surface area contributed by atoms with E-state index in [4.69, 9.17) is 0 Å². The Kier molecular flexibility index (Phi) is 5.00. The molecule has 108 valence electrons. The monoisotopic (exact) mass is 421 g/mol. The predicted octanol–water partition coefficient (Wildman–Crippen LogP) is 2.47. The standard InChI is InChI=1S/C12H13Br2N3O2S/c1-17-7-5-10(16-17)4-6-15-20(18,19)12-8-9(13)2-3-11(12)14/h2-3,5,7-8,15H,4,6H2,1H3. The zero-order valence-corrected chi connectivity index (χ0v) is 14.7. The summed E-state index contributed by atoms with van der Waals surface area (Å²) in [5.74, 6) is 0. The van der Waals surface area contributed by atoms with Crippen molar-refractivity contribution in [3.63, 3.8) is 0 Å². The fourth-order valence-corrected chi connectivity index (χ4v) is 4.20. The largest absolute Gasteiger partial charge is 0.276 e. The van der Waals surface area contributed by atoms with Gasteiger partial charge in [0.25, 0.3) is 0 Å². The Morgan fingerprint density at radius 1 is 1.30 bits per heavy atom. The molecular formula is C12H13Br2N3O2S. The molecule has 1 aromatic carbocycles.